The molecule has 3 N–H and O–H groups in total. The van der Waals surface area contributed by atoms with Crippen molar-refractivity contribution in [3.8, 4) is 0 Å². The van der Waals surface area contributed by atoms with E-state index in [9.17, 15) is 14.9 Å². The molecular weight excluding hydrogens is 282 g/mol. The molecule has 0 fully saturated rings. The molecule has 2 aromatic carbocycles. The maximum Gasteiger partial charge on any atom is 0.283 e. The van der Waals surface area contributed by atoms with Crippen LogP contribution < -0.4 is 11.1 Å². The number of hydrogen-bond donors (Lipinski definition) is 2. The molecule has 7 heteroatoms. The minimum atomic E-state index is -0.653. The summed E-state index contributed by atoms with van der Waals surface area (Å²) in [4.78, 5) is 22.3. The van der Waals surface area contributed by atoms with E-state index in [1.165, 1.54) is 12.1 Å². The van der Waals surface area contributed by atoms with Crippen molar-refractivity contribution in [1.82, 2.24) is 0 Å². The van der Waals surface area contributed by atoms with Crippen LogP contribution in [0.1, 0.15) is 10.4 Å². The summed E-state index contributed by atoms with van der Waals surface area (Å²) in [5, 5.41) is 13.7. The van der Waals surface area contributed by atoms with Crippen LogP contribution in [0.2, 0.25) is 5.02 Å². The molecule has 0 aliphatic carbocycles. The lowest BCUT2D eigenvalue weighted by Gasteiger charge is -2.06. The molecule has 0 aliphatic heterocycles. The van der Waals surface area contributed by atoms with Crippen molar-refractivity contribution in [2.45, 2.75) is 0 Å². The lowest BCUT2D eigenvalue weighted by Crippen LogP contribution is -2.14. The van der Waals surface area contributed by atoms with E-state index in [4.69, 9.17) is 17.3 Å². The van der Waals surface area contributed by atoms with Crippen LogP contribution in [0.15, 0.2) is 42.5 Å². The molecule has 6 nitrogen and oxygen atoms in total. The third kappa shape index (κ3) is 3.04. The maximum atomic E-state index is 12.1. The predicted octanol–water partition coefficient (Wildman–Crippen LogP) is 3.08. The van der Waals surface area contributed by atoms with Crippen LogP contribution in [0.4, 0.5) is 17.1 Å². The molecule has 0 heterocycles. The number of nitrogens with zero attached hydrogens (tertiary/aromatic N) is 1. The third-order valence-corrected chi connectivity index (χ3v) is 2.78. The Hall–Kier alpha value is -2.60. The van der Waals surface area contributed by atoms with Crippen LogP contribution in [0, 0.1) is 10.1 Å². The van der Waals surface area contributed by atoms with Gasteiger partial charge >= 0.3 is 0 Å². The average molecular weight is 292 g/mol. The molecule has 2 rings (SSSR count). The first-order valence-corrected chi connectivity index (χ1v) is 5.96. The highest BCUT2D eigenvalue weighted by Crippen LogP contribution is 2.24. The Kier molecular flexibility index (Phi) is 3.86. The highest BCUT2D eigenvalue weighted by atomic mass is 35.5. The van der Waals surface area contributed by atoms with Crippen LogP contribution in [0.5, 0.6) is 0 Å². The number of anilines is 2. The lowest BCUT2D eigenvalue weighted by molar-refractivity contribution is -0.385. The van der Waals surface area contributed by atoms with E-state index in [2.05, 4.69) is 5.32 Å². The second-order valence-electron chi connectivity index (χ2n) is 4.00. The van der Waals surface area contributed by atoms with Gasteiger partial charge in [0.2, 0.25) is 0 Å². The highest BCUT2D eigenvalue weighted by molar-refractivity contribution is 6.31. The monoisotopic (exact) mass is 291 g/mol. The molecule has 0 atom stereocenters. The van der Waals surface area contributed by atoms with Gasteiger partial charge < -0.3 is 11.1 Å². The van der Waals surface area contributed by atoms with E-state index in [1.807, 2.05) is 0 Å². The van der Waals surface area contributed by atoms with Crippen LogP contribution in [0.3, 0.4) is 0 Å². The van der Waals surface area contributed by atoms with Gasteiger partial charge in [0.1, 0.15) is 5.56 Å². The summed E-state index contributed by atoms with van der Waals surface area (Å²) in [5.41, 5.74) is 6.12. The van der Waals surface area contributed by atoms with Crippen LogP contribution in [0.25, 0.3) is 0 Å². The smallest absolute Gasteiger partial charge is 0.283 e. The number of nitro groups is 1. The standard InChI is InChI=1S/C13H10ClN3O3/c14-8-4-5-11(12(6-8)17(19)20)13(18)16-10-3-1-2-9(15)7-10/h1-7H,15H2,(H,16,18). The molecule has 0 radical (unpaired) electrons. The number of carbonyl (C=O) groups excluding carboxylic acids is 1. The predicted molar refractivity (Wildman–Crippen MR) is 76.9 cm³/mol. The number of carbonyl (C=O) groups is 1. The van der Waals surface area contributed by atoms with Gasteiger partial charge in [0.15, 0.2) is 0 Å². The first-order valence-electron chi connectivity index (χ1n) is 5.58. The van der Waals surface area contributed by atoms with Crippen LogP contribution in [-0.4, -0.2) is 10.8 Å². The molecule has 0 saturated heterocycles. The van der Waals surface area contributed by atoms with Gasteiger partial charge in [-0.3, -0.25) is 14.9 Å². The molecule has 2 aromatic rings. The quantitative estimate of drug-likeness (QED) is 0.516. The first kappa shape index (κ1) is 13.8. The molecule has 0 spiro atoms. The second kappa shape index (κ2) is 5.58. The lowest BCUT2D eigenvalue weighted by atomic mass is 10.1. The Morgan fingerprint density at radius 1 is 1.25 bits per heavy atom. The number of amides is 1. The van der Waals surface area contributed by atoms with Crippen molar-refractivity contribution >= 4 is 34.6 Å². The van der Waals surface area contributed by atoms with Gasteiger partial charge in [0, 0.05) is 22.5 Å². The molecular formula is C13H10ClN3O3. The fourth-order valence-electron chi connectivity index (χ4n) is 1.66. The highest BCUT2D eigenvalue weighted by Gasteiger charge is 2.20. The van der Waals surface area contributed by atoms with Gasteiger partial charge in [0.05, 0.1) is 4.92 Å². The zero-order valence-corrected chi connectivity index (χ0v) is 10.9. The minimum Gasteiger partial charge on any atom is -0.399 e. The Morgan fingerprint density at radius 2 is 2.00 bits per heavy atom. The van der Waals surface area contributed by atoms with Crippen molar-refractivity contribution in [1.29, 1.82) is 0 Å². The summed E-state index contributed by atoms with van der Waals surface area (Å²) in [7, 11) is 0. The summed E-state index contributed by atoms with van der Waals surface area (Å²) in [6, 6.07) is 10.4. The largest absolute Gasteiger partial charge is 0.399 e. The minimum absolute atomic E-state index is 0.0678. The topological polar surface area (TPSA) is 98.3 Å². The van der Waals surface area contributed by atoms with Gasteiger partial charge in [-0.2, -0.15) is 0 Å². The van der Waals surface area contributed by atoms with E-state index in [-0.39, 0.29) is 16.3 Å². The zero-order valence-electron chi connectivity index (χ0n) is 10.2. The molecule has 0 bridgehead atoms. The summed E-state index contributed by atoms with van der Waals surface area (Å²) in [6.07, 6.45) is 0. The summed E-state index contributed by atoms with van der Waals surface area (Å²) >= 11 is 5.69. The zero-order chi connectivity index (χ0) is 14.7. The van der Waals surface area contributed by atoms with Gasteiger partial charge in [0.25, 0.3) is 11.6 Å². The van der Waals surface area contributed by atoms with Crippen molar-refractivity contribution in [3.05, 3.63) is 63.2 Å². The molecule has 1 amide bonds. The molecule has 102 valence electrons. The van der Waals surface area contributed by atoms with Crippen LogP contribution >= 0.6 is 11.6 Å². The summed E-state index contributed by atoms with van der Waals surface area (Å²) < 4.78 is 0. The van der Waals surface area contributed by atoms with Crippen LogP contribution in [-0.2, 0) is 0 Å². The molecule has 20 heavy (non-hydrogen) atoms. The fourth-order valence-corrected chi connectivity index (χ4v) is 1.83. The van der Waals surface area contributed by atoms with E-state index in [0.717, 1.165) is 6.07 Å². The number of halogens is 1. The Labute approximate surface area is 119 Å². The van der Waals surface area contributed by atoms with E-state index < -0.39 is 10.8 Å². The average Bonchev–Trinajstić information content (AvgIpc) is 2.38. The number of nitrogens with two attached hydrogens (primary N) is 1. The number of rotatable bonds is 3. The second-order valence-corrected chi connectivity index (χ2v) is 4.43. The Bertz CT molecular complexity index is 688. The van der Waals surface area contributed by atoms with E-state index in [1.54, 1.807) is 24.3 Å². The molecule has 0 saturated carbocycles. The first-order chi connectivity index (χ1) is 9.47. The van der Waals surface area contributed by atoms with Crippen molar-refractivity contribution in [3.63, 3.8) is 0 Å². The van der Waals surface area contributed by atoms with Gasteiger partial charge in [-0.1, -0.05) is 17.7 Å². The number of hydrogen-bond acceptors (Lipinski definition) is 4. The Balaban J connectivity index is 2.32. The number of benzene rings is 2. The molecule has 0 unspecified atom stereocenters. The normalized spacial score (nSPS) is 10.1. The van der Waals surface area contributed by atoms with E-state index >= 15 is 0 Å². The molecule has 0 aliphatic rings. The van der Waals surface area contributed by atoms with Crippen molar-refractivity contribution < 1.29 is 9.72 Å². The van der Waals surface area contributed by atoms with Crippen molar-refractivity contribution in [2.75, 3.05) is 11.1 Å². The third-order valence-electron chi connectivity index (χ3n) is 2.55. The Morgan fingerprint density at radius 3 is 2.65 bits per heavy atom. The van der Waals surface area contributed by atoms with Gasteiger partial charge in [-0.15, -0.1) is 0 Å². The SMILES string of the molecule is Nc1cccc(NC(=O)c2ccc(Cl)cc2[N+](=O)[O-])c1. The fraction of sp³-hybridized carbons (Fsp3) is 0. The van der Waals surface area contributed by atoms with E-state index in [0.29, 0.717) is 11.4 Å². The molecule has 0 aromatic heterocycles. The van der Waals surface area contributed by atoms with Gasteiger partial charge in [-0.25, -0.2) is 0 Å². The summed E-state index contributed by atoms with van der Waals surface area (Å²) in [5.74, 6) is -0.598. The number of nitro benzene ring substituents is 1. The summed E-state index contributed by atoms with van der Waals surface area (Å²) in [6.45, 7) is 0. The van der Waals surface area contributed by atoms with Crippen molar-refractivity contribution in [2.24, 2.45) is 0 Å². The van der Waals surface area contributed by atoms with Gasteiger partial charge in [-0.05, 0) is 30.3 Å². The number of nitrogens with one attached hydrogen (secondary N) is 1. The maximum absolute atomic E-state index is 12.1. The number of nitrogen functional groups attached to an aromatic ring is 1.